The second kappa shape index (κ2) is 5.22. The van der Waals surface area contributed by atoms with Crippen LogP contribution < -0.4 is 10.6 Å². The molecule has 0 amide bonds. The summed E-state index contributed by atoms with van der Waals surface area (Å²) >= 11 is 0. The summed E-state index contributed by atoms with van der Waals surface area (Å²) in [5.74, 6) is -0.876. The van der Waals surface area contributed by atoms with Gasteiger partial charge in [-0.05, 0) is 46.2 Å². The van der Waals surface area contributed by atoms with Crippen molar-refractivity contribution in [3.05, 3.63) is 24.3 Å². The van der Waals surface area contributed by atoms with E-state index in [4.69, 9.17) is 10.5 Å². The Morgan fingerprint density at radius 3 is 2.48 bits per heavy atom. The minimum atomic E-state index is -0.876. The minimum Gasteiger partial charge on any atom is -0.480 e. The first-order chi connectivity index (χ1) is 9.62. The van der Waals surface area contributed by atoms with Crippen LogP contribution in [0.1, 0.15) is 34.1 Å². The molecule has 1 unspecified atom stereocenters. The number of hydrogen-bond donors (Lipinski definition) is 2. The molecule has 1 aromatic rings. The van der Waals surface area contributed by atoms with E-state index in [0.29, 0.717) is 5.69 Å². The Balaban J connectivity index is 2.42. The van der Waals surface area contributed by atoms with E-state index in [1.165, 1.54) is 0 Å². The highest BCUT2D eigenvalue weighted by molar-refractivity contribution is 5.78. The number of nitrogens with two attached hydrogens (primary N) is 1. The maximum Gasteiger partial charge on any atom is 0.323 e. The molecule has 2 rings (SSSR count). The Bertz CT molecular complexity index is 540. The molecule has 0 aliphatic carbocycles. The normalized spacial score (nSPS) is 23.0. The van der Waals surface area contributed by atoms with Crippen molar-refractivity contribution >= 4 is 17.3 Å². The quantitative estimate of drug-likeness (QED) is 0.834. The second-order valence-corrected chi connectivity index (χ2v) is 6.77. The lowest BCUT2D eigenvalue weighted by Crippen LogP contribution is -2.49. The van der Waals surface area contributed by atoms with Gasteiger partial charge in [-0.2, -0.15) is 0 Å². The van der Waals surface area contributed by atoms with Crippen LogP contribution in [-0.2, 0) is 9.53 Å². The van der Waals surface area contributed by atoms with Gasteiger partial charge in [0.15, 0.2) is 0 Å². The van der Waals surface area contributed by atoms with Crippen molar-refractivity contribution < 1.29 is 14.6 Å². The van der Waals surface area contributed by atoms with Crippen molar-refractivity contribution in [1.82, 2.24) is 0 Å². The maximum absolute atomic E-state index is 11.3. The average molecular weight is 292 g/mol. The third kappa shape index (κ3) is 3.29. The van der Waals surface area contributed by atoms with Crippen molar-refractivity contribution in [2.75, 3.05) is 17.2 Å². The predicted molar refractivity (Wildman–Crippen MR) is 83.5 cm³/mol. The Hall–Kier alpha value is -1.75. The first kappa shape index (κ1) is 15.6. The van der Waals surface area contributed by atoms with E-state index in [0.717, 1.165) is 12.1 Å². The molecule has 0 radical (unpaired) electrons. The van der Waals surface area contributed by atoms with Gasteiger partial charge in [0.25, 0.3) is 0 Å². The summed E-state index contributed by atoms with van der Waals surface area (Å²) in [5, 5.41) is 9.27. The molecule has 1 fully saturated rings. The van der Waals surface area contributed by atoms with E-state index < -0.39 is 11.6 Å². The van der Waals surface area contributed by atoms with Gasteiger partial charge in [0.05, 0.1) is 28.6 Å². The van der Waals surface area contributed by atoms with Crippen LogP contribution in [0, 0.1) is 0 Å². The molecule has 0 aromatic heterocycles. The number of anilines is 2. The van der Waals surface area contributed by atoms with Crippen molar-refractivity contribution in [2.24, 2.45) is 0 Å². The fourth-order valence-corrected chi connectivity index (χ4v) is 3.28. The van der Waals surface area contributed by atoms with Crippen LogP contribution in [0.4, 0.5) is 11.4 Å². The molecule has 116 valence electrons. The zero-order chi connectivity index (χ0) is 15.8. The van der Waals surface area contributed by atoms with Crippen molar-refractivity contribution in [3.63, 3.8) is 0 Å². The highest BCUT2D eigenvalue weighted by Crippen LogP contribution is 2.42. The Morgan fingerprint density at radius 1 is 1.38 bits per heavy atom. The van der Waals surface area contributed by atoms with Crippen LogP contribution in [0.3, 0.4) is 0 Å². The molecule has 1 aliphatic heterocycles. The summed E-state index contributed by atoms with van der Waals surface area (Å²) in [4.78, 5) is 13.2. The van der Waals surface area contributed by atoms with Crippen LogP contribution >= 0.6 is 0 Å². The molecule has 5 nitrogen and oxygen atoms in total. The van der Waals surface area contributed by atoms with E-state index in [9.17, 15) is 9.90 Å². The predicted octanol–water partition coefficient (Wildman–Crippen LogP) is 2.51. The van der Waals surface area contributed by atoms with Gasteiger partial charge in [-0.15, -0.1) is 0 Å². The number of rotatable bonds is 4. The molecule has 0 saturated carbocycles. The fourth-order valence-electron chi connectivity index (χ4n) is 3.28. The van der Waals surface area contributed by atoms with E-state index in [1.54, 1.807) is 6.07 Å². The van der Waals surface area contributed by atoms with Gasteiger partial charge in [-0.3, -0.25) is 4.79 Å². The second-order valence-electron chi connectivity index (χ2n) is 6.77. The number of carboxylic acids is 1. The van der Waals surface area contributed by atoms with Crippen LogP contribution in [-0.4, -0.2) is 34.9 Å². The number of nitrogens with zero attached hydrogens (tertiary/aromatic N) is 1. The first-order valence-corrected chi connectivity index (χ1v) is 7.15. The Morgan fingerprint density at radius 2 is 2.00 bits per heavy atom. The van der Waals surface area contributed by atoms with Gasteiger partial charge in [0.2, 0.25) is 0 Å². The molecule has 0 bridgehead atoms. The number of aliphatic carboxylic acids is 1. The molecular formula is C16H24N2O3. The summed E-state index contributed by atoms with van der Waals surface area (Å²) in [5.41, 5.74) is 6.65. The van der Waals surface area contributed by atoms with E-state index in [-0.39, 0.29) is 18.2 Å². The van der Waals surface area contributed by atoms with Crippen molar-refractivity contribution in [1.29, 1.82) is 0 Å². The van der Waals surface area contributed by atoms with Crippen LogP contribution in [0.5, 0.6) is 0 Å². The highest BCUT2D eigenvalue weighted by Gasteiger charge is 2.49. The van der Waals surface area contributed by atoms with Crippen LogP contribution in [0.15, 0.2) is 24.3 Å². The molecule has 5 heteroatoms. The monoisotopic (exact) mass is 292 g/mol. The van der Waals surface area contributed by atoms with Crippen molar-refractivity contribution in [2.45, 2.75) is 51.4 Å². The largest absolute Gasteiger partial charge is 0.480 e. The first-order valence-electron chi connectivity index (χ1n) is 7.15. The van der Waals surface area contributed by atoms with E-state index in [1.807, 2.05) is 50.8 Å². The zero-order valence-electron chi connectivity index (χ0n) is 13.1. The van der Waals surface area contributed by atoms with Gasteiger partial charge in [-0.25, -0.2) is 0 Å². The zero-order valence-corrected chi connectivity index (χ0v) is 13.1. The van der Waals surface area contributed by atoms with Crippen LogP contribution in [0.25, 0.3) is 0 Å². The van der Waals surface area contributed by atoms with Crippen LogP contribution in [0.2, 0.25) is 0 Å². The lowest BCUT2D eigenvalue weighted by molar-refractivity contribution is -0.135. The minimum absolute atomic E-state index is 0.0479. The fraction of sp³-hybridized carbons (Fsp3) is 0.562. The molecule has 1 heterocycles. The number of para-hydroxylation sites is 2. The lowest BCUT2D eigenvalue weighted by atomic mass is 9.92. The van der Waals surface area contributed by atoms with Crippen molar-refractivity contribution in [3.8, 4) is 0 Å². The number of carbonyl (C=O) groups is 1. The number of nitrogen functional groups attached to an aromatic ring is 1. The summed E-state index contributed by atoms with van der Waals surface area (Å²) in [7, 11) is 0. The SMILES string of the molecule is CC1(C)CC(N(CC(=O)O)c2ccccc2N)C(C)(C)O1. The molecule has 1 aromatic carbocycles. The molecule has 1 saturated heterocycles. The third-order valence-corrected chi connectivity index (χ3v) is 3.95. The van der Waals surface area contributed by atoms with Gasteiger partial charge < -0.3 is 20.5 Å². The topological polar surface area (TPSA) is 75.8 Å². The number of benzene rings is 1. The van der Waals surface area contributed by atoms with Gasteiger partial charge in [-0.1, -0.05) is 12.1 Å². The summed E-state index contributed by atoms with van der Waals surface area (Å²) in [6.45, 7) is 7.96. The number of ether oxygens (including phenoxy) is 1. The summed E-state index contributed by atoms with van der Waals surface area (Å²) in [6, 6.07) is 7.32. The highest BCUT2D eigenvalue weighted by atomic mass is 16.5. The average Bonchev–Trinajstić information content (AvgIpc) is 2.55. The lowest BCUT2D eigenvalue weighted by Gasteiger charge is -2.37. The summed E-state index contributed by atoms with van der Waals surface area (Å²) < 4.78 is 6.10. The molecule has 1 atom stereocenters. The van der Waals surface area contributed by atoms with E-state index in [2.05, 4.69) is 0 Å². The third-order valence-electron chi connectivity index (χ3n) is 3.95. The molecule has 0 spiro atoms. The molecule has 1 aliphatic rings. The molecular weight excluding hydrogens is 268 g/mol. The van der Waals surface area contributed by atoms with Gasteiger partial charge in [0, 0.05) is 0 Å². The molecule has 21 heavy (non-hydrogen) atoms. The van der Waals surface area contributed by atoms with Gasteiger partial charge in [0.1, 0.15) is 6.54 Å². The smallest absolute Gasteiger partial charge is 0.323 e. The Labute approximate surface area is 125 Å². The number of carboxylic acid groups (broad SMARTS) is 1. The van der Waals surface area contributed by atoms with Gasteiger partial charge >= 0.3 is 5.97 Å². The van der Waals surface area contributed by atoms with E-state index >= 15 is 0 Å². The standard InChI is InChI=1S/C16H24N2O3/c1-15(2)9-13(16(3,4)21-15)18(10-14(19)20)12-8-6-5-7-11(12)17/h5-8,13H,9-10,17H2,1-4H3,(H,19,20). The summed E-state index contributed by atoms with van der Waals surface area (Å²) in [6.07, 6.45) is 0.752. The molecule has 3 N–H and O–H groups in total. The number of hydrogen-bond acceptors (Lipinski definition) is 4. The maximum atomic E-state index is 11.3. The Kier molecular flexibility index (Phi) is 3.89.